The molecular formula is C10H16N4OS. The first-order valence-electron chi connectivity index (χ1n) is 5.53. The summed E-state index contributed by atoms with van der Waals surface area (Å²) in [4.78, 5) is 14.3. The molecular weight excluding hydrogens is 224 g/mol. The minimum absolute atomic E-state index is 0.0161. The number of piperidine rings is 1. The normalized spacial score (nSPS) is 20.7. The Hall–Kier alpha value is -1.01. The fraction of sp³-hybridized carbons (Fsp3) is 0.700. The van der Waals surface area contributed by atoms with E-state index in [0.29, 0.717) is 10.9 Å². The molecule has 1 N–H and O–H groups in total. The van der Waals surface area contributed by atoms with E-state index < -0.39 is 0 Å². The monoisotopic (exact) mass is 240 g/mol. The van der Waals surface area contributed by atoms with Crippen LogP contribution in [0.5, 0.6) is 0 Å². The second-order valence-corrected chi connectivity index (χ2v) is 4.90. The first-order valence-corrected chi connectivity index (χ1v) is 6.31. The lowest BCUT2D eigenvalue weighted by molar-refractivity contribution is 0.0780. The summed E-state index contributed by atoms with van der Waals surface area (Å²) < 4.78 is 3.70. The Bertz CT molecular complexity index is 335. The van der Waals surface area contributed by atoms with Crippen LogP contribution in [-0.2, 0) is 0 Å². The van der Waals surface area contributed by atoms with Gasteiger partial charge in [0.1, 0.15) is 4.88 Å². The van der Waals surface area contributed by atoms with Crippen LogP contribution in [0.25, 0.3) is 0 Å². The molecule has 0 spiro atoms. The van der Waals surface area contributed by atoms with Gasteiger partial charge in [0.05, 0.1) is 6.20 Å². The lowest BCUT2D eigenvalue weighted by Gasteiger charge is -2.27. The molecule has 1 amide bonds. The number of hydrogen-bond donors (Lipinski definition) is 1. The molecule has 2 rings (SSSR count). The summed E-state index contributed by atoms with van der Waals surface area (Å²) in [5.74, 6) is 0.0161. The van der Waals surface area contributed by atoms with Crippen molar-refractivity contribution in [3.05, 3.63) is 11.1 Å². The maximum absolute atomic E-state index is 11.9. The molecule has 1 aromatic rings. The van der Waals surface area contributed by atoms with E-state index in [1.54, 1.807) is 4.90 Å². The number of nitrogens with zero attached hydrogens (tertiary/aromatic N) is 3. The number of carbonyl (C=O) groups is 1. The molecule has 1 atom stereocenters. The van der Waals surface area contributed by atoms with Crippen molar-refractivity contribution in [2.75, 3.05) is 20.1 Å². The number of aromatic nitrogens is 2. The summed E-state index contributed by atoms with van der Waals surface area (Å²) in [6.07, 6.45) is 5.17. The zero-order chi connectivity index (χ0) is 11.4. The van der Waals surface area contributed by atoms with E-state index in [4.69, 9.17) is 0 Å². The third kappa shape index (κ3) is 2.76. The van der Waals surface area contributed by atoms with Crippen molar-refractivity contribution in [3.8, 4) is 0 Å². The van der Waals surface area contributed by atoms with Crippen LogP contribution < -0.4 is 5.32 Å². The lowest BCUT2D eigenvalue weighted by atomic mass is 10.0. The molecule has 16 heavy (non-hydrogen) atoms. The first-order chi connectivity index (χ1) is 7.77. The Morgan fingerprint density at radius 2 is 2.56 bits per heavy atom. The van der Waals surface area contributed by atoms with Crippen molar-refractivity contribution in [3.63, 3.8) is 0 Å². The maximum Gasteiger partial charge on any atom is 0.267 e. The molecule has 0 saturated carbocycles. The second kappa shape index (κ2) is 5.36. The van der Waals surface area contributed by atoms with Crippen LogP contribution in [0.3, 0.4) is 0 Å². The highest BCUT2D eigenvalue weighted by atomic mass is 32.1. The van der Waals surface area contributed by atoms with Gasteiger partial charge in [0.2, 0.25) is 0 Å². The molecule has 0 radical (unpaired) electrons. The lowest BCUT2D eigenvalue weighted by Crippen LogP contribution is -2.44. The summed E-state index contributed by atoms with van der Waals surface area (Å²) in [7, 11) is 1.83. The van der Waals surface area contributed by atoms with Crippen LogP contribution in [0.15, 0.2) is 6.20 Å². The third-order valence-electron chi connectivity index (χ3n) is 2.83. The summed E-state index contributed by atoms with van der Waals surface area (Å²) >= 11 is 1.15. The fourth-order valence-electron chi connectivity index (χ4n) is 1.94. The highest BCUT2D eigenvalue weighted by Gasteiger charge is 2.19. The van der Waals surface area contributed by atoms with Gasteiger partial charge < -0.3 is 10.2 Å². The number of hydrogen-bond acceptors (Lipinski definition) is 5. The molecule has 2 heterocycles. The Morgan fingerprint density at radius 3 is 3.19 bits per heavy atom. The molecule has 1 saturated heterocycles. The van der Waals surface area contributed by atoms with E-state index in [1.165, 1.54) is 19.0 Å². The zero-order valence-corrected chi connectivity index (χ0v) is 10.2. The highest BCUT2D eigenvalue weighted by molar-refractivity contribution is 7.07. The Kier molecular flexibility index (Phi) is 3.84. The maximum atomic E-state index is 11.9. The molecule has 1 aromatic heterocycles. The van der Waals surface area contributed by atoms with Crippen LogP contribution in [0.2, 0.25) is 0 Å². The molecule has 1 unspecified atom stereocenters. The third-order valence-corrected chi connectivity index (χ3v) is 3.48. The minimum atomic E-state index is 0.0161. The number of amides is 1. The molecule has 5 nitrogen and oxygen atoms in total. The molecule has 88 valence electrons. The predicted octanol–water partition coefficient (Wildman–Crippen LogP) is 0.752. The quantitative estimate of drug-likeness (QED) is 0.847. The van der Waals surface area contributed by atoms with Gasteiger partial charge in [-0.25, -0.2) is 0 Å². The summed E-state index contributed by atoms with van der Waals surface area (Å²) in [5.41, 5.74) is 0. The predicted molar refractivity (Wildman–Crippen MR) is 62.5 cm³/mol. The molecule has 0 aromatic carbocycles. The van der Waals surface area contributed by atoms with Crippen molar-refractivity contribution in [1.29, 1.82) is 0 Å². The van der Waals surface area contributed by atoms with E-state index in [9.17, 15) is 4.79 Å². The van der Waals surface area contributed by atoms with Crippen molar-refractivity contribution < 1.29 is 4.79 Å². The SMILES string of the molecule is CN(CC1CCCCN1)C(=O)c1cnns1. The van der Waals surface area contributed by atoms with Crippen LogP contribution in [-0.4, -0.2) is 46.6 Å². The van der Waals surface area contributed by atoms with Gasteiger partial charge in [-0.3, -0.25) is 4.79 Å². The zero-order valence-electron chi connectivity index (χ0n) is 9.35. The van der Waals surface area contributed by atoms with Gasteiger partial charge in [-0.1, -0.05) is 10.9 Å². The van der Waals surface area contributed by atoms with Crippen LogP contribution in [0.1, 0.15) is 28.9 Å². The Morgan fingerprint density at radius 1 is 1.69 bits per heavy atom. The summed E-state index contributed by atoms with van der Waals surface area (Å²) in [5, 5.41) is 7.11. The second-order valence-electron chi connectivity index (χ2n) is 4.11. The van der Waals surface area contributed by atoms with E-state index in [1.807, 2.05) is 7.05 Å². The van der Waals surface area contributed by atoms with Gasteiger partial charge in [0, 0.05) is 19.6 Å². The smallest absolute Gasteiger partial charge is 0.267 e. The average Bonchev–Trinajstić information content (AvgIpc) is 2.83. The van der Waals surface area contributed by atoms with Gasteiger partial charge in [-0.2, -0.15) is 0 Å². The van der Waals surface area contributed by atoms with Crippen molar-refractivity contribution in [2.24, 2.45) is 0 Å². The molecule has 0 aliphatic carbocycles. The first kappa shape index (κ1) is 11.5. The highest BCUT2D eigenvalue weighted by Crippen LogP contribution is 2.10. The van der Waals surface area contributed by atoms with Crippen LogP contribution in [0.4, 0.5) is 0 Å². The molecule has 1 aliphatic heterocycles. The van der Waals surface area contributed by atoms with E-state index in [0.717, 1.165) is 31.0 Å². The number of carbonyl (C=O) groups excluding carboxylic acids is 1. The molecule has 6 heteroatoms. The number of rotatable bonds is 3. The van der Waals surface area contributed by atoms with Crippen molar-refractivity contribution >= 4 is 17.4 Å². The van der Waals surface area contributed by atoms with Crippen molar-refractivity contribution in [1.82, 2.24) is 19.8 Å². The molecule has 1 fully saturated rings. The average molecular weight is 240 g/mol. The van der Waals surface area contributed by atoms with Gasteiger partial charge in [-0.15, -0.1) is 5.10 Å². The minimum Gasteiger partial charge on any atom is -0.339 e. The van der Waals surface area contributed by atoms with E-state index in [-0.39, 0.29) is 5.91 Å². The largest absolute Gasteiger partial charge is 0.339 e. The Labute approximate surface area is 99.0 Å². The summed E-state index contributed by atoms with van der Waals surface area (Å²) in [6, 6.07) is 0.434. The molecule has 0 bridgehead atoms. The number of likely N-dealkylation sites (N-methyl/N-ethyl adjacent to an activating group) is 1. The number of nitrogens with one attached hydrogen (secondary N) is 1. The topological polar surface area (TPSA) is 58.1 Å². The van der Waals surface area contributed by atoms with Gasteiger partial charge >= 0.3 is 0 Å². The fourth-order valence-corrected chi connectivity index (χ4v) is 2.45. The van der Waals surface area contributed by atoms with Crippen LogP contribution in [0, 0.1) is 0 Å². The van der Waals surface area contributed by atoms with Crippen molar-refractivity contribution in [2.45, 2.75) is 25.3 Å². The van der Waals surface area contributed by atoms with Crippen LogP contribution >= 0.6 is 11.5 Å². The van der Waals surface area contributed by atoms with E-state index in [2.05, 4.69) is 14.9 Å². The standard InChI is InChI=1S/C10H16N4OS/c1-14(7-8-4-2-3-5-11-8)10(15)9-6-12-13-16-9/h6,8,11H,2-5,7H2,1H3. The van der Waals surface area contributed by atoms with Gasteiger partial charge in [0.25, 0.3) is 5.91 Å². The molecule has 1 aliphatic rings. The van der Waals surface area contributed by atoms with E-state index >= 15 is 0 Å². The summed E-state index contributed by atoms with van der Waals surface area (Å²) in [6.45, 7) is 1.82. The Balaban J connectivity index is 1.87. The van der Waals surface area contributed by atoms with Gasteiger partial charge in [-0.05, 0) is 30.9 Å². The van der Waals surface area contributed by atoms with Gasteiger partial charge in [0.15, 0.2) is 0 Å².